The number of likely N-dealkylation sites (tertiary alicyclic amines) is 2. The van der Waals surface area contributed by atoms with Crippen LogP contribution in [0.4, 0.5) is 10.5 Å². The molecule has 3 saturated heterocycles. The highest BCUT2D eigenvalue weighted by atomic mass is 16.5. The molecule has 1 saturated carbocycles. The zero-order valence-corrected chi connectivity index (χ0v) is 17.2. The van der Waals surface area contributed by atoms with E-state index in [1.165, 1.54) is 12.8 Å². The minimum absolute atomic E-state index is 0.0182. The maximum atomic E-state index is 12.6. The molecule has 0 aromatic heterocycles. The molecular weight excluding hydrogens is 366 g/mol. The minimum atomic E-state index is 0.0182. The predicted molar refractivity (Wildman–Crippen MR) is 112 cm³/mol. The molecular formula is C23H33N3O3. The number of carbonyl (C=O) groups excluding carboxylic acids is 1. The molecule has 1 atom stereocenters. The van der Waals surface area contributed by atoms with Crippen LogP contribution < -0.4 is 5.32 Å². The molecule has 2 amide bonds. The third kappa shape index (κ3) is 4.03. The first kappa shape index (κ1) is 19.3. The number of hydrogen-bond acceptors (Lipinski definition) is 4. The second-order valence-electron chi connectivity index (χ2n) is 9.15. The van der Waals surface area contributed by atoms with Crippen LogP contribution in [-0.2, 0) is 9.47 Å². The monoisotopic (exact) mass is 399 g/mol. The Morgan fingerprint density at radius 3 is 2.52 bits per heavy atom. The lowest BCUT2D eigenvalue weighted by atomic mass is 9.73. The molecule has 6 nitrogen and oxygen atoms in total. The molecule has 4 aliphatic rings. The SMILES string of the molecule is O=C(Nc1ccccc1)N1CCC(N2CC(OCC3CC3)C23CCOCC3)CC1. The zero-order chi connectivity index (χ0) is 19.7. The van der Waals surface area contributed by atoms with E-state index in [1.54, 1.807) is 0 Å². The standard InChI is InChI=1S/C23H33N3O3/c27-22(24-19-4-2-1-3-5-19)25-12-8-20(9-13-25)26-16-21(29-17-18-6-7-18)23(26)10-14-28-15-11-23/h1-5,18,20-21H,6-17H2,(H,24,27). The van der Waals surface area contributed by atoms with Crippen molar-refractivity contribution in [3.63, 3.8) is 0 Å². The van der Waals surface area contributed by atoms with Gasteiger partial charge in [0.2, 0.25) is 0 Å². The van der Waals surface area contributed by atoms with E-state index in [0.717, 1.165) is 76.7 Å². The number of carbonyl (C=O) groups is 1. The van der Waals surface area contributed by atoms with Crippen molar-refractivity contribution in [2.45, 2.75) is 56.2 Å². The van der Waals surface area contributed by atoms with Gasteiger partial charge >= 0.3 is 6.03 Å². The largest absolute Gasteiger partial charge is 0.381 e. The molecule has 6 heteroatoms. The van der Waals surface area contributed by atoms with E-state index in [9.17, 15) is 4.79 Å². The van der Waals surface area contributed by atoms with Gasteiger partial charge in [-0.3, -0.25) is 4.90 Å². The van der Waals surface area contributed by atoms with Crippen LogP contribution in [0.15, 0.2) is 30.3 Å². The summed E-state index contributed by atoms with van der Waals surface area (Å²) in [4.78, 5) is 17.3. The van der Waals surface area contributed by atoms with Gasteiger partial charge < -0.3 is 19.7 Å². The van der Waals surface area contributed by atoms with Crippen LogP contribution in [0.5, 0.6) is 0 Å². The average molecular weight is 400 g/mol. The minimum Gasteiger partial charge on any atom is -0.381 e. The number of anilines is 1. The number of nitrogens with zero attached hydrogens (tertiary/aromatic N) is 2. The van der Waals surface area contributed by atoms with Crippen molar-refractivity contribution >= 4 is 11.7 Å². The Balaban J connectivity index is 1.16. The molecule has 1 aromatic carbocycles. The molecule has 1 spiro atoms. The van der Waals surface area contributed by atoms with E-state index in [1.807, 2.05) is 35.2 Å². The molecule has 0 radical (unpaired) electrons. The van der Waals surface area contributed by atoms with E-state index in [-0.39, 0.29) is 11.6 Å². The Labute approximate surface area is 173 Å². The summed E-state index contributed by atoms with van der Waals surface area (Å²) in [7, 11) is 0. The van der Waals surface area contributed by atoms with Crippen molar-refractivity contribution in [1.82, 2.24) is 9.80 Å². The van der Waals surface area contributed by atoms with Crippen molar-refractivity contribution in [3.8, 4) is 0 Å². The Morgan fingerprint density at radius 1 is 1.10 bits per heavy atom. The van der Waals surface area contributed by atoms with Crippen LogP contribution in [0, 0.1) is 5.92 Å². The van der Waals surface area contributed by atoms with E-state index in [4.69, 9.17) is 9.47 Å². The fourth-order valence-corrected chi connectivity index (χ4v) is 5.30. The molecule has 3 heterocycles. The van der Waals surface area contributed by atoms with E-state index in [0.29, 0.717) is 12.1 Å². The number of hydrogen-bond donors (Lipinski definition) is 1. The summed E-state index contributed by atoms with van der Waals surface area (Å²) < 4.78 is 12.1. The van der Waals surface area contributed by atoms with Crippen LogP contribution in [0.2, 0.25) is 0 Å². The van der Waals surface area contributed by atoms with Crippen molar-refractivity contribution in [2.24, 2.45) is 5.92 Å². The van der Waals surface area contributed by atoms with Crippen LogP contribution in [0.3, 0.4) is 0 Å². The van der Waals surface area contributed by atoms with E-state index < -0.39 is 0 Å². The van der Waals surface area contributed by atoms with Gasteiger partial charge in [-0.15, -0.1) is 0 Å². The number of nitrogens with one attached hydrogen (secondary N) is 1. The first-order chi connectivity index (χ1) is 14.2. The van der Waals surface area contributed by atoms with E-state index in [2.05, 4.69) is 10.2 Å². The first-order valence-electron chi connectivity index (χ1n) is 11.3. The number of rotatable bonds is 5. The van der Waals surface area contributed by atoms with Gasteiger partial charge in [-0.25, -0.2) is 4.79 Å². The summed E-state index contributed by atoms with van der Waals surface area (Å²) in [5, 5.41) is 3.02. The smallest absolute Gasteiger partial charge is 0.321 e. The molecule has 1 unspecified atom stereocenters. The fraction of sp³-hybridized carbons (Fsp3) is 0.696. The molecule has 3 aliphatic heterocycles. The molecule has 1 aromatic rings. The van der Waals surface area contributed by atoms with Gasteiger partial charge in [0.1, 0.15) is 0 Å². The Bertz CT molecular complexity index is 695. The number of benzene rings is 1. The normalized spacial score (nSPS) is 27.6. The summed E-state index contributed by atoms with van der Waals surface area (Å²) in [6.45, 7) is 5.32. The van der Waals surface area contributed by atoms with Crippen molar-refractivity contribution in [1.29, 1.82) is 0 Å². The van der Waals surface area contributed by atoms with Crippen LogP contribution >= 0.6 is 0 Å². The molecule has 29 heavy (non-hydrogen) atoms. The Morgan fingerprint density at radius 2 is 1.83 bits per heavy atom. The lowest BCUT2D eigenvalue weighted by Crippen LogP contribution is -2.76. The topological polar surface area (TPSA) is 54.0 Å². The molecule has 0 bridgehead atoms. The highest BCUT2D eigenvalue weighted by molar-refractivity contribution is 5.89. The summed E-state index contributed by atoms with van der Waals surface area (Å²) in [6, 6.07) is 10.3. The maximum Gasteiger partial charge on any atom is 0.321 e. The van der Waals surface area contributed by atoms with Gasteiger partial charge in [-0.1, -0.05) is 18.2 Å². The Hall–Kier alpha value is -1.63. The predicted octanol–water partition coefficient (Wildman–Crippen LogP) is 3.34. The van der Waals surface area contributed by atoms with Gasteiger partial charge in [0.05, 0.1) is 11.6 Å². The average Bonchev–Trinajstić information content (AvgIpc) is 3.59. The van der Waals surface area contributed by atoms with Gasteiger partial charge in [-0.2, -0.15) is 0 Å². The third-order valence-corrected chi connectivity index (χ3v) is 7.34. The number of urea groups is 1. The van der Waals surface area contributed by atoms with Gasteiger partial charge in [0, 0.05) is 51.2 Å². The van der Waals surface area contributed by atoms with Gasteiger partial charge in [-0.05, 0) is 56.6 Å². The van der Waals surface area contributed by atoms with Crippen molar-refractivity contribution < 1.29 is 14.3 Å². The quantitative estimate of drug-likeness (QED) is 0.825. The maximum absolute atomic E-state index is 12.6. The summed E-state index contributed by atoms with van der Waals surface area (Å²) in [5.74, 6) is 0.812. The van der Waals surface area contributed by atoms with Gasteiger partial charge in [0.25, 0.3) is 0 Å². The molecule has 4 fully saturated rings. The van der Waals surface area contributed by atoms with Crippen LogP contribution in [0.25, 0.3) is 0 Å². The Kier molecular flexibility index (Phi) is 5.50. The lowest BCUT2D eigenvalue weighted by molar-refractivity contribution is -0.217. The molecule has 158 valence electrons. The second-order valence-corrected chi connectivity index (χ2v) is 9.15. The van der Waals surface area contributed by atoms with E-state index >= 15 is 0 Å². The fourth-order valence-electron chi connectivity index (χ4n) is 5.30. The lowest BCUT2D eigenvalue weighted by Gasteiger charge is -2.63. The summed E-state index contributed by atoms with van der Waals surface area (Å²) in [6.07, 6.45) is 7.30. The number of para-hydroxylation sites is 1. The molecule has 5 rings (SSSR count). The van der Waals surface area contributed by atoms with Gasteiger partial charge in [0.15, 0.2) is 0 Å². The second kappa shape index (κ2) is 8.25. The van der Waals surface area contributed by atoms with Crippen LogP contribution in [0.1, 0.15) is 38.5 Å². The zero-order valence-electron chi connectivity index (χ0n) is 17.2. The van der Waals surface area contributed by atoms with Crippen molar-refractivity contribution in [2.75, 3.05) is 44.8 Å². The number of piperidine rings is 1. The third-order valence-electron chi connectivity index (χ3n) is 7.34. The van der Waals surface area contributed by atoms with Crippen LogP contribution in [-0.4, -0.2) is 73.0 Å². The summed E-state index contributed by atoms with van der Waals surface area (Å²) >= 11 is 0. The molecule has 1 N–H and O–H groups in total. The number of amides is 2. The molecule has 1 aliphatic carbocycles. The highest BCUT2D eigenvalue weighted by Gasteiger charge is 2.57. The summed E-state index contributed by atoms with van der Waals surface area (Å²) in [5.41, 5.74) is 1.03. The van der Waals surface area contributed by atoms with Crippen molar-refractivity contribution in [3.05, 3.63) is 30.3 Å². The highest BCUT2D eigenvalue weighted by Crippen LogP contribution is 2.45. The first-order valence-corrected chi connectivity index (χ1v) is 11.3. The number of ether oxygens (including phenoxy) is 2.